The van der Waals surface area contributed by atoms with E-state index in [2.05, 4.69) is 28.3 Å². The monoisotopic (exact) mass is 431 g/mol. The number of fused-ring (bicyclic) bond motifs is 1. The molecule has 0 fully saturated rings. The molecule has 31 heavy (non-hydrogen) atoms. The lowest BCUT2D eigenvalue weighted by Crippen LogP contribution is -2.11. The van der Waals surface area contributed by atoms with Crippen LogP contribution in [0, 0.1) is 0 Å². The minimum absolute atomic E-state index is 0.184. The zero-order chi connectivity index (χ0) is 21.6. The standard InChI is InChI=1S/C25H25N3O2S/c1-3-4-5-6-17-7-13-21(26-16-17)18-8-10-19(11-9-18)24(29)28-25-27-22-14-12-20(30-2)15-23(22)31-25/h7-16H,3-6H2,1-2H3,(H,27,28,29). The van der Waals surface area contributed by atoms with Crippen LogP contribution in [0.15, 0.2) is 60.8 Å². The first-order chi connectivity index (χ1) is 15.2. The number of carbonyl (C=O) groups is 1. The molecule has 0 atom stereocenters. The number of nitrogens with one attached hydrogen (secondary N) is 1. The summed E-state index contributed by atoms with van der Waals surface area (Å²) in [7, 11) is 1.63. The zero-order valence-corrected chi connectivity index (χ0v) is 18.5. The summed E-state index contributed by atoms with van der Waals surface area (Å²) in [5.41, 5.74) is 4.58. The number of thiazole rings is 1. The average Bonchev–Trinajstić information content (AvgIpc) is 3.21. The van der Waals surface area contributed by atoms with Crippen molar-refractivity contribution >= 4 is 32.6 Å². The predicted octanol–water partition coefficient (Wildman–Crippen LogP) is 6.35. The molecule has 158 valence electrons. The number of amides is 1. The topological polar surface area (TPSA) is 64.1 Å². The highest BCUT2D eigenvalue weighted by molar-refractivity contribution is 7.22. The van der Waals surface area contributed by atoms with Crippen molar-refractivity contribution in [3.63, 3.8) is 0 Å². The molecule has 2 aromatic heterocycles. The maximum absolute atomic E-state index is 12.6. The Balaban J connectivity index is 1.42. The Kier molecular flexibility index (Phi) is 6.57. The fourth-order valence-electron chi connectivity index (χ4n) is 3.37. The van der Waals surface area contributed by atoms with Crippen LogP contribution in [0.2, 0.25) is 0 Å². The van der Waals surface area contributed by atoms with Gasteiger partial charge in [-0.1, -0.05) is 49.3 Å². The molecule has 2 heterocycles. The van der Waals surface area contributed by atoms with Gasteiger partial charge in [0.2, 0.25) is 0 Å². The van der Waals surface area contributed by atoms with Gasteiger partial charge in [-0.2, -0.15) is 0 Å². The number of carbonyl (C=O) groups excluding carboxylic acids is 1. The second-order valence-electron chi connectivity index (χ2n) is 7.39. The summed E-state index contributed by atoms with van der Waals surface area (Å²) in [6.45, 7) is 2.21. The van der Waals surface area contributed by atoms with Crippen LogP contribution in [0.3, 0.4) is 0 Å². The fourth-order valence-corrected chi connectivity index (χ4v) is 4.26. The highest BCUT2D eigenvalue weighted by atomic mass is 32.1. The number of anilines is 1. The van der Waals surface area contributed by atoms with Crippen molar-refractivity contribution in [3.8, 4) is 17.0 Å². The second-order valence-corrected chi connectivity index (χ2v) is 8.42. The van der Waals surface area contributed by atoms with Crippen LogP contribution in [0.1, 0.15) is 42.1 Å². The highest BCUT2D eigenvalue weighted by Gasteiger charge is 2.11. The summed E-state index contributed by atoms with van der Waals surface area (Å²) in [6, 6.07) is 17.3. The summed E-state index contributed by atoms with van der Waals surface area (Å²) < 4.78 is 6.21. The van der Waals surface area contributed by atoms with E-state index in [0.29, 0.717) is 10.7 Å². The van der Waals surface area contributed by atoms with Crippen LogP contribution in [0.5, 0.6) is 5.75 Å². The molecule has 0 aliphatic heterocycles. The molecule has 5 nitrogen and oxygen atoms in total. The van der Waals surface area contributed by atoms with Crippen LogP contribution in [0.4, 0.5) is 5.13 Å². The number of aryl methyl sites for hydroxylation is 1. The Morgan fingerprint density at radius 3 is 2.61 bits per heavy atom. The Bertz CT molecular complexity index is 1170. The van der Waals surface area contributed by atoms with Gasteiger partial charge >= 0.3 is 0 Å². The van der Waals surface area contributed by atoms with E-state index in [1.807, 2.05) is 54.7 Å². The lowest BCUT2D eigenvalue weighted by molar-refractivity contribution is 0.102. The number of aromatic nitrogens is 2. The van der Waals surface area contributed by atoms with Crippen molar-refractivity contribution < 1.29 is 9.53 Å². The van der Waals surface area contributed by atoms with Crippen molar-refractivity contribution in [3.05, 3.63) is 71.9 Å². The van der Waals surface area contributed by atoms with Gasteiger partial charge in [0.1, 0.15) is 5.75 Å². The third kappa shape index (κ3) is 5.09. The van der Waals surface area contributed by atoms with Gasteiger partial charge in [-0.15, -0.1) is 0 Å². The summed E-state index contributed by atoms with van der Waals surface area (Å²) in [5, 5.41) is 3.46. The van der Waals surface area contributed by atoms with Gasteiger partial charge in [0, 0.05) is 17.3 Å². The first-order valence-electron chi connectivity index (χ1n) is 10.5. The minimum atomic E-state index is -0.184. The molecule has 0 saturated carbocycles. The number of nitrogens with zero attached hydrogens (tertiary/aromatic N) is 2. The van der Waals surface area contributed by atoms with Crippen LogP contribution in [-0.2, 0) is 6.42 Å². The molecule has 4 aromatic rings. The number of benzene rings is 2. The van der Waals surface area contributed by atoms with Gasteiger partial charge in [-0.3, -0.25) is 15.1 Å². The summed E-state index contributed by atoms with van der Waals surface area (Å²) >= 11 is 1.42. The van der Waals surface area contributed by atoms with Gasteiger partial charge in [0.05, 0.1) is 23.0 Å². The molecule has 0 saturated heterocycles. The van der Waals surface area contributed by atoms with Crippen LogP contribution < -0.4 is 10.1 Å². The Hall–Kier alpha value is -3.25. The molecule has 0 radical (unpaired) electrons. The Labute approximate surface area is 186 Å². The number of pyridine rings is 1. The van der Waals surface area contributed by atoms with Crippen molar-refractivity contribution in [2.24, 2.45) is 0 Å². The van der Waals surface area contributed by atoms with E-state index < -0.39 is 0 Å². The van der Waals surface area contributed by atoms with Gasteiger partial charge in [-0.25, -0.2) is 4.98 Å². The van der Waals surface area contributed by atoms with Crippen molar-refractivity contribution in [1.29, 1.82) is 0 Å². The van der Waals surface area contributed by atoms with Crippen LogP contribution in [0.25, 0.3) is 21.5 Å². The molecular formula is C25H25N3O2S. The molecule has 0 aliphatic carbocycles. The fraction of sp³-hybridized carbons (Fsp3) is 0.240. The van der Waals surface area contributed by atoms with E-state index in [9.17, 15) is 4.79 Å². The van der Waals surface area contributed by atoms with Crippen molar-refractivity contribution in [2.45, 2.75) is 32.6 Å². The maximum atomic E-state index is 12.6. The predicted molar refractivity (Wildman–Crippen MR) is 127 cm³/mol. The molecule has 1 amide bonds. The Morgan fingerprint density at radius 1 is 1.06 bits per heavy atom. The molecule has 2 aromatic carbocycles. The third-order valence-electron chi connectivity index (χ3n) is 5.15. The molecule has 6 heteroatoms. The maximum Gasteiger partial charge on any atom is 0.257 e. The summed E-state index contributed by atoms with van der Waals surface area (Å²) in [5.74, 6) is 0.587. The number of methoxy groups -OCH3 is 1. The second kappa shape index (κ2) is 9.71. The average molecular weight is 432 g/mol. The van der Waals surface area contributed by atoms with Crippen LogP contribution in [-0.4, -0.2) is 23.0 Å². The van der Waals surface area contributed by atoms with E-state index in [1.54, 1.807) is 7.11 Å². The van der Waals surface area contributed by atoms with Gasteiger partial charge < -0.3 is 4.74 Å². The lowest BCUT2D eigenvalue weighted by atomic mass is 10.1. The molecule has 0 bridgehead atoms. The number of hydrogen-bond acceptors (Lipinski definition) is 5. The summed E-state index contributed by atoms with van der Waals surface area (Å²) in [6.07, 6.45) is 6.69. The van der Waals surface area contributed by atoms with Crippen molar-refractivity contribution in [2.75, 3.05) is 12.4 Å². The Morgan fingerprint density at radius 2 is 1.90 bits per heavy atom. The minimum Gasteiger partial charge on any atom is -0.497 e. The lowest BCUT2D eigenvalue weighted by Gasteiger charge is -2.05. The van der Waals surface area contributed by atoms with E-state index in [1.165, 1.54) is 36.2 Å². The number of ether oxygens (including phenoxy) is 1. The van der Waals surface area contributed by atoms with Gasteiger partial charge in [0.25, 0.3) is 5.91 Å². The van der Waals surface area contributed by atoms with Gasteiger partial charge in [0.15, 0.2) is 5.13 Å². The molecule has 0 aliphatic rings. The molecule has 0 spiro atoms. The number of hydrogen-bond donors (Lipinski definition) is 1. The molecular weight excluding hydrogens is 406 g/mol. The van der Waals surface area contributed by atoms with E-state index >= 15 is 0 Å². The number of rotatable bonds is 8. The SMILES string of the molecule is CCCCCc1ccc(-c2ccc(C(=O)Nc3nc4ccc(OC)cc4s3)cc2)nc1. The van der Waals surface area contributed by atoms with Gasteiger partial charge in [-0.05, 0) is 54.8 Å². The molecule has 1 N–H and O–H groups in total. The highest BCUT2D eigenvalue weighted by Crippen LogP contribution is 2.29. The van der Waals surface area contributed by atoms with Crippen LogP contribution >= 0.6 is 11.3 Å². The first kappa shape index (κ1) is 21.0. The third-order valence-corrected chi connectivity index (χ3v) is 6.09. The van der Waals surface area contributed by atoms with Crippen molar-refractivity contribution in [1.82, 2.24) is 9.97 Å². The summed E-state index contributed by atoms with van der Waals surface area (Å²) in [4.78, 5) is 21.7. The zero-order valence-electron chi connectivity index (χ0n) is 17.7. The van der Waals surface area contributed by atoms with E-state index in [-0.39, 0.29) is 5.91 Å². The quantitative estimate of drug-likeness (QED) is 0.330. The largest absolute Gasteiger partial charge is 0.497 e. The molecule has 4 rings (SSSR count). The number of unbranched alkanes of at least 4 members (excludes halogenated alkanes) is 2. The first-order valence-corrected chi connectivity index (χ1v) is 11.3. The smallest absolute Gasteiger partial charge is 0.257 e. The van der Waals surface area contributed by atoms with E-state index in [4.69, 9.17) is 4.74 Å². The van der Waals surface area contributed by atoms with E-state index in [0.717, 1.165) is 33.6 Å². The normalized spacial score (nSPS) is 10.9. The molecule has 0 unspecified atom stereocenters.